The Balaban J connectivity index is 2.13. The van der Waals surface area contributed by atoms with Gasteiger partial charge in [-0.15, -0.1) is 0 Å². The van der Waals surface area contributed by atoms with Crippen LogP contribution in [0.5, 0.6) is 0 Å². The number of carboxylic acid groups (broad SMARTS) is 1. The lowest BCUT2D eigenvalue weighted by molar-refractivity contribution is -0.140. The molecule has 19 heavy (non-hydrogen) atoms. The SMILES string of the molecule is CC1(C)C(C(=O)O)C1C(=O)Nc1cc(F)cc(Cl)c1. The molecule has 0 heterocycles. The van der Waals surface area contributed by atoms with Gasteiger partial charge < -0.3 is 10.4 Å². The topological polar surface area (TPSA) is 66.4 Å². The zero-order chi connectivity index (χ0) is 14.4. The third-order valence-electron chi connectivity index (χ3n) is 3.51. The van der Waals surface area contributed by atoms with Crippen molar-refractivity contribution in [3.63, 3.8) is 0 Å². The summed E-state index contributed by atoms with van der Waals surface area (Å²) in [5.74, 6) is -3.32. The lowest BCUT2D eigenvalue weighted by Gasteiger charge is -2.06. The Hall–Kier alpha value is -1.62. The summed E-state index contributed by atoms with van der Waals surface area (Å²) in [4.78, 5) is 23.0. The smallest absolute Gasteiger partial charge is 0.307 e. The van der Waals surface area contributed by atoms with Crippen molar-refractivity contribution in [1.29, 1.82) is 0 Å². The number of carbonyl (C=O) groups is 2. The van der Waals surface area contributed by atoms with E-state index in [0.29, 0.717) is 0 Å². The molecular formula is C13H13ClFNO3. The Morgan fingerprint density at radius 2 is 1.95 bits per heavy atom. The van der Waals surface area contributed by atoms with Crippen LogP contribution in [0.15, 0.2) is 18.2 Å². The lowest BCUT2D eigenvalue weighted by Crippen LogP contribution is -2.17. The van der Waals surface area contributed by atoms with Gasteiger partial charge >= 0.3 is 5.97 Å². The van der Waals surface area contributed by atoms with Gasteiger partial charge in [-0.2, -0.15) is 0 Å². The van der Waals surface area contributed by atoms with Crippen molar-refractivity contribution in [2.24, 2.45) is 17.3 Å². The Morgan fingerprint density at radius 1 is 1.32 bits per heavy atom. The Labute approximate surface area is 114 Å². The van der Waals surface area contributed by atoms with Gasteiger partial charge in [0.1, 0.15) is 5.82 Å². The highest BCUT2D eigenvalue weighted by Gasteiger charge is 2.65. The second-order valence-electron chi connectivity index (χ2n) is 5.26. The number of anilines is 1. The molecule has 4 nitrogen and oxygen atoms in total. The molecule has 1 aromatic carbocycles. The Bertz CT molecular complexity index is 539. The van der Waals surface area contributed by atoms with E-state index in [1.165, 1.54) is 6.07 Å². The van der Waals surface area contributed by atoms with Gasteiger partial charge in [0.15, 0.2) is 0 Å². The molecule has 0 radical (unpaired) electrons. The third kappa shape index (κ3) is 2.56. The summed E-state index contributed by atoms with van der Waals surface area (Å²) in [7, 11) is 0. The summed E-state index contributed by atoms with van der Waals surface area (Å²) in [6, 6.07) is 3.67. The number of nitrogens with one attached hydrogen (secondary N) is 1. The van der Waals surface area contributed by atoms with Gasteiger partial charge in [0.25, 0.3) is 0 Å². The predicted octanol–water partition coefficient (Wildman–Crippen LogP) is 2.77. The van der Waals surface area contributed by atoms with Crippen LogP contribution in [-0.4, -0.2) is 17.0 Å². The van der Waals surface area contributed by atoms with E-state index < -0.39 is 34.9 Å². The van der Waals surface area contributed by atoms with E-state index in [1.807, 2.05) is 0 Å². The van der Waals surface area contributed by atoms with Crippen molar-refractivity contribution in [2.45, 2.75) is 13.8 Å². The first-order valence-electron chi connectivity index (χ1n) is 5.73. The molecule has 0 spiro atoms. The van der Waals surface area contributed by atoms with E-state index in [-0.39, 0.29) is 10.7 Å². The maximum atomic E-state index is 13.1. The van der Waals surface area contributed by atoms with E-state index in [9.17, 15) is 14.0 Å². The van der Waals surface area contributed by atoms with Crippen LogP contribution in [0, 0.1) is 23.1 Å². The Kier molecular flexibility index (Phi) is 3.26. The molecule has 1 saturated carbocycles. The first kappa shape index (κ1) is 13.8. The van der Waals surface area contributed by atoms with Crippen molar-refractivity contribution < 1.29 is 19.1 Å². The zero-order valence-corrected chi connectivity index (χ0v) is 11.2. The molecule has 1 fully saturated rings. The van der Waals surface area contributed by atoms with Gasteiger partial charge in [0.05, 0.1) is 11.8 Å². The number of carboxylic acids is 1. The molecule has 0 bridgehead atoms. The van der Waals surface area contributed by atoms with Crippen molar-refractivity contribution in [2.75, 3.05) is 5.32 Å². The van der Waals surface area contributed by atoms with Crippen LogP contribution in [0.1, 0.15) is 13.8 Å². The van der Waals surface area contributed by atoms with Crippen molar-refractivity contribution in [1.82, 2.24) is 0 Å². The van der Waals surface area contributed by atoms with E-state index >= 15 is 0 Å². The monoisotopic (exact) mass is 285 g/mol. The van der Waals surface area contributed by atoms with E-state index in [2.05, 4.69) is 5.32 Å². The highest BCUT2D eigenvalue weighted by Crippen LogP contribution is 2.58. The summed E-state index contributed by atoms with van der Waals surface area (Å²) in [6.07, 6.45) is 0. The van der Waals surface area contributed by atoms with E-state index in [0.717, 1.165) is 12.1 Å². The van der Waals surface area contributed by atoms with Crippen molar-refractivity contribution in [3.05, 3.63) is 29.0 Å². The maximum Gasteiger partial charge on any atom is 0.307 e. The van der Waals surface area contributed by atoms with Crippen molar-refractivity contribution >= 4 is 29.2 Å². The minimum atomic E-state index is -0.998. The summed E-state index contributed by atoms with van der Waals surface area (Å²) in [5, 5.41) is 11.7. The Morgan fingerprint density at radius 3 is 2.42 bits per heavy atom. The quantitative estimate of drug-likeness (QED) is 0.897. The van der Waals surface area contributed by atoms with Gasteiger partial charge in [0, 0.05) is 10.7 Å². The highest BCUT2D eigenvalue weighted by molar-refractivity contribution is 6.30. The second-order valence-corrected chi connectivity index (χ2v) is 5.70. The largest absolute Gasteiger partial charge is 0.481 e. The van der Waals surface area contributed by atoms with Gasteiger partial charge in [-0.1, -0.05) is 25.4 Å². The number of carbonyl (C=O) groups excluding carboxylic acids is 1. The van der Waals surface area contributed by atoms with E-state index in [1.54, 1.807) is 13.8 Å². The lowest BCUT2D eigenvalue weighted by atomic mass is 10.1. The molecule has 6 heteroatoms. The minimum Gasteiger partial charge on any atom is -0.481 e. The molecule has 0 aromatic heterocycles. The molecule has 0 aliphatic heterocycles. The molecule has 2 unspecified atom stereocenters. The van der Waals surface area contributed by atoms with Crippen LogP contribution in [0.3, 0.4) is 0 Å². The average molecular weight is 286 g/mol. The fraction of sp³-hybridized carbons (Fsp3) is 0.385. The molecule has 1 aromatic rings. The van der Waals surface area contributed by atoms with Gasteiger partial charge in [-0.05, 0) is 23.6 Å². The molecule has 0 saturated heterocycles. The first-order chi connectivity index (χ1) is 8.73. The number of hydrogen-bond acceptors (Lipinski definition) is 2. The van der Waals surface area contributed by atoms with Crippen molar-refractivity contribution in [3.8, 4) is 0 Å². The number of benzene rings is 1. The molecule has 102 valence electrons. The summed E-state index contributed by atoms with van der Waals surface area (Å²) < 4.78 is 13.1. The van der Waals surface area contributed by atoms with Crippen LogP contribution in [-0.2, 0) is 9.59 Å². The normalized spacial score (nSPS) is 23.8. The molecule has 2 atom stereocenters. The van der Waals surface area contributed by atoms with Crippen LogP contribution >= 0.6 is 11.6 Å². The van der Waals surface area contributed by atoms with Crippen LogP contribution < -0.4 is 5.32 Å². The molecule has 1 amide bonds. The van der Waals surface area contributed by atoms with Crippen LogP contribution in [0.25, 0.3) is 0 Å². The van der Waals surface area contributed by atoms with Gasteiger partial charge in [-0.25, -0.2) is 4.39 Å². The van der Waals surface area contributed by atoms with Crippen LogP contribution in [0.2, 0.25) is 5.02 Å². The molecule has 1 aliphatic rings. The third-order valence-corrected chi connectivity index (χ3v) is 3.72. The summed E-state index contributed by atoms with van der Waals surface area (Å²) >= 11 is 5.68. The molecule has 1 aliphatic carbocycles. The second kappa shape index (κ2) is 4.49. The predicted molar refractivity (Wildman–Crippen MR) is 68.4 cm³/mol. The van der Waals surface area contributed by atoms with Crippen LogP contribution in [0.4, 0.5) is 10.1 Å². The highest BCUT2D eigenvalue weighted by atomic mass is 35.5. The standard InChI is InChI=1S/C13H13ClFNO3/c1-13(2)9(10(13)12(18)19)11(17)16-8-4-6(14)3-7(15)5-8/h3-5,9-10H,1-2H3,(H,16,17)(H,18,19). The number of amides is 1. The molecular weight excluding hydrogens is 273 g/mol. The fourth-order valence-corrected chi connectivity index (χ4v) is 2.66. The number of rotatable bonds is 3. The number of aliphatic carboxylic acids is 1. The first-order valence-corrected chi connectivity index (χ1v) is 6.11. The van der Waals surface area contributed by atoms with Gasteiger partial charge in [-0.3, -0.25) is 9.59 Å². The zero-order valence-electron chi connectivity index (χ0n) is 10.4. The molecule has 2 rings (SSSR count). The average Bonchev–Trinajstić information content (AvgIpc) is 2.80. The van der Waals surface area contributed by atoms with Gasteiger partial charge in [0.2, 0.25) is 5.91 Å². The minimum absolute atomic E-state index is 0.167. The molecule has 2 N–H and O–H groups in total. The number of hydrogen-bond donors (Lipinski definition) is 2. The number of halogens is 2. The maximum absolute atomic E-state index is 13.1. The summed E-state index contributed by atoms with van der Waals surface area (Å²) in [5.41, 5.74) is -0.366. The fourth-order valence-electron chi connectivity index (χ4n) is 2.43. The van der Waals surface area contributed by atoms with E-state index in [4.69, 9.17) is 16.7 Å². The summed E-state index contributed by atoms with van der Waals surface area (Å²) in [6.45, 7) is 3.43.